The van der Waals surface area contributed by atoms with Crippen LogP contribution in [0, 0.1) is 0 Å². The van der Waals surface area contributed by atoms with Crippen molar-refractivity contribution in [1.29, 1.82) is 0 Å². The van der Waals surface area contributed by atoms with Crippen LogP contribution in [-0.2, 0) is 17.8 Å². The first kappa shape index (κ1) is 12.4. The lowest BCUT2D eigenvalue weighted by Crippen LogP contribution is -2.34. The van der Waals surface area contributed by atoms with E-state index in [1.54, 1.807) is 0 Å². The molecular weight excluding hydrogens is 302 g/mol. The van der Waals surface area contributed by atoms with Gasteiger partial charge in [-0.25, -0.2) is 0 Å². The summed E-state index contributed by atoms with van der Waals surface area (Å²) in [5.74, 6) is 0.203. The molecule has 0 N–H and O–H groups in total. The molecule has 1 amide bonds. The topological polar surface area (TPSA) is 20.3 Å². The molecule has 2 nitrogen and oxygen atoms in total. The fourth-order valence-corrected chi connectivity index (χ4v) is 2.88. The Bertz CT molecular complexity index is 624. The molecule has 0 radical (unpaired) electrons. The van der Waals surface area contributed by atoms with Gasteiger partial charge in [0.2, 0.25) is 5.91 Å². The SMILES string of the molecule is O=C1CCc2ccccc2N1Cc1ccccc1Br. The highest BCUT2D eigenvalue weighted by atomic mass is 79.9. The summed E-state index contributed by atoms with van der Waals surface area (Å²) >= 11 is 3.55. The number of hydrogen-bond donors (Lipinski definition) is 0. The number of carbonyl (C=O) groups excluding carboxylic acids is 1. The van der Waals surface area contributed by atoms with Gasteiger partial charge in [0.15, 0.2) is 0 Å². The second-order valence-electron chi connectivity index (χ2n) is 4.70. The van der Waals surface area contributed by atoms with Gasteiger partial charge >= 0.3 is 0 Å². The number of rotatable bonds is 2. The van der Waals surface area contributed by atoms with E-state index in [1.807, 2.05) is 41.3 Å². The molecule has 2 aromatic rings. The first-order valence-corrected chi connectivity index (χ1v) is 7.16. The number of benzene rings is 2. The van der Waals surface area contributed by atoms with Crippen molar-refractivity contribution in [3.63, 3.8) is 0 Å². The van der Waals surface area contributed by atoms with E-state index in [-0.39, 0.29) is 5.91 Å². The second kappa shape index (κ2) is 5.17. The van der Waals surface area contributed by atoms with Crippen LogP contribution in [0.3, 0.4) is 0 Å². The number of aryl methyl sites for hydroxylation is 1. The van der Waals surface area contributed by atoms with E-state index in [2.05, 4.69) is 28.1 Å². The van der Waals surface area contributed by atoms with Crippen LogP contribution in [0.4, 0.5) is 5.69 Å². The van der Waals surface area contributed by atoms with Gasteiger partial charge in [0.1, 0.15) is 0 Å². The number of anilines is 1. The minimum absolute atomic E-state index is 0.203. The first-order valence-electron chi connectivity index (χ1n) is 6.37. The van der Waals surface area contributed by atoms with Gasteiger partial charge in [0.05, 0.1) is 6.54 Å². The van der Waals surface area contributed by atoms with Gasteiger partial charge in [-0.3, -0.25) is 4.79 Å². The Morgan fingerprint density at radius 3 is 2.58 bits per heavy atom. The van der Waals surface area contributed by atoms with Crippen LogP contribution in [-0.4, -0.2) is 5.91 Å². The van der Waals surface area contributed by atoms with Gasteiger partial charge in [0, 0.05) is 16.6 Å². The Kier molecular flexibility index (Phi) is 3.38. The summed E-state index contributed by atoms with van der Waals surface area (Å²) < 4.78 is 1.05. The van der Waals surface area contributed by atoms with E-state index in [0.29, 0.717) is 13.0 Å². The molecule has 0 aliphatic carbocycles. The predicted molar refractivity (Wildman–Crippen MR) is 80.1 cm³/mol. The summed E-state index contributed by atoms with van der Waals surface area (Å²) in [4.78, 5) is 14.1. The summed E-state index contributed by atoms with van der Waals surface area (Å²) in [6, 6.07) is 16.2. The Morgan fingerprint density at radius 2 is 1.74 bits per heavy atom. The highest BCUT2D eigenvalue weighted by molar-refractivity contribution is 9.10. The molecule has 2 aromatic carbocycles. The predicted octanol–water partition coefficient (Wildman–Crippen LogP) is 3.93. The van der Waals surface area contributed by atoms with Gasteiger partial charge in [-0.05, 0) is 29.7 Å². The minimum Gasteiger partial charge on any atom is -0.308 e. The van der Waals surface area contributed by atoms with Gasteiger partial charge in [-0.2, -0.15) is 0 Å². The molecule has 0 saturated carbocycles. The maximum absolute atomic E-state index is 12.2. The van der Waals surface area contributed by atoms with Crippen molar-refractivity contribution in [2.24, 2.45) is 0 Å². The van der Waals surface area contributed by atoms with Crippen LogP contribution >= 0.6 is 15.9 Å². The maximum Gasteiger partial charge on any atom is 0.227 e. The van der Waals surface area contributed by atoms with E-state index < -0.39 is 0 Å². The zero-order chi connectivity index (χ0) is 13.2. The van der Waals surface area contributed by atoms with E-state index in [1.165, 1.54) is 5.56 Å². The standard InChI is InChI=1S/C16H14BrNO/c17-14-7-3-1-6-13(14)11-18-15-8-4-2-5-12(15)9-10-16(18)19/h1-8H,9-11H2. The summed E-state index contributed by atoms with van der Waals surface area (Å²) in [6.45, 7) is 0.622. The largest absolute Gasteiger partial charge is 0.308 e. The molecule has 0 unspecified atom stereocenters. The fraction of sp³-hybridized carbons (Fsp3) is 0.188. The minimum atomic E-state index is 0.203. The lowest BCUT2D eigenvalue weighted by atomic mass is 10.0. The highest BCUT2D eigenvalue weighted by Gasteiger charge is 2.24. The van der Waals surface area contributed by atoms with Crippen molar-refractivity contribution < 1.29 is 4.79 Å². The number of carbonyl (C=O) groups is 1. The Morgan fingerprint density at radius 1 is 1.00 bits per heavy atom. The molecule has 19 heavy (non-hydrogen) atoms. The van der Waals surface area contributed by atoms with Crippen molar-refractivity contribution >= 4 is 27.5 Å². The normalized spacial score (nSPS) is 14.4. The molecule has 0 atom stereocenters. The van der Waals surface area contributed by atoms with Crippen molar-refractivity contribution in [2.45, 2.75) is 19.4 Å². The van der Waals surface area contributed by atoms with Crippen molar-refractivity contribution in [2.75, 3.05) is 4.90 Å². The van der Waals surface area contributed by atoms with Crippen LogP contribution in [0.15, 0.2) is 53.0 Å². The third-order valence-corrected chi connectivity index (χ3v) is 4.25. The number of amides is 1. The van der Waals surface area contributed by atoms with Crippen LogP contribution in [0.1, 0.15) is 17.5 Å². The molecule has 1 aliphatic heterocycles. The lowest BCUT2D eigenvalue weighted by Gasteiger charge is -2.29. The number of halogens is 1. The number of hydrogen-bond acceptors (Lipinski definition) is 1. The molecule has 96 valence electrons. The molecule has 1 aliphatic rings. The zero-order valence-corrected chi connectivity index (χ0v) is 12.1. The average Bonchev–Trinajstić information content (AvgIpc) is 2.44. The first-order chi connectivity index (χ1) is 9.25. The molecule has 1 heterocycles. The summed E-state index contributed by atoms with van der Waals surface area (Å²) in [5.41, 5.74) is 3.44. The van der Waals surface area contributed by atoms with E-state index in [4.69, 9.17) is 0 Å². The zero-order valence-electron chi connectivity index (χ0n) is 10.5. The lowest BCUT2D eigenvalue weighted by molar-refractivity contribution is -0.119. The second-order valence-corrected chi connectivity index (χ2v) is 5.55. The molecule has 0 fully saturated rings. The number of fused-ring (bicyclic) bond motifs is 1. The molecule has 0 bridgehead atoms. The summed E-state index contributed by atoms with van der Waals surface area (Å²) in [5, 5.41) is 0. The quantitative estimate of drug-likeness (QED) is 0.822. The summed E-state index contributed by atoms with van der Waals surface area (Å²) in [7, 11) is 0. The molecule has 0 spiro atoms. The molecular formula is C16H14BrNO. The third kappa shape index (κ3) is 2.43. The van der Waals surface area contributed by atoms with E-state index in [9.17, 15) is 4.79 Å². The monoisotopic (exact) mass is 315 g/mol. The maximum atomic E-state index is 12.2. The summed E-state index contributed by atoms with van der Waals surface area (Å²) in [6.07, 6.45) is 1.45. The van der Waals surface area contributed by atoms with Crippen LogP contribution in [0.2, 0.25) is 0 Å². The third-order valence-electron chi connectivity index (χ3n) is 3.48. The van der Waals surface area contributed by atoms with E-state index >= 15 is 0 Å². The van der Waals surface area contributed by atoms with Crippen LogP contribution < -0.4 is 4.90 Å². The van der Waals surface area contributed by atoms with Crippen LogP contribution in [0.5, 0.6) is 0 Å². The van der Waals surface area contributed by atoms with Gasteiger partial charge < -0.3 is 4.90 Å². The Hall–Kier alpha value is -1.61. The van der Waals surface area contributed by atoms with E-state index in [0.717, 1.165) is 22.1 Å². The molecule has 3 rings (SSSR count). The van der Waals surface area contributed by atoms with Crippen LogP contribution in [0.25, 0.3) is 0 Å². The molecule has 3 heteroatoms. The average molecular weight is 316 g/mol. The Balaban J connectivity index is 1.96. The molecule has 0 aromatic heterocycles. The van der Waals surface area contributed by atoms with Crippen molar-refractivity contribution in [3.8, 4) is 0 Å². The highest BCUT2D eigenvalue weighted by Crippen LogP contribution is 2.30. The van der Waals surface area contributed by atoms with Gasteiger partial charge in [0.25, 0.3) is 0 Å². The number of nitrogens with zero attached hydrogens (tertiary/aromatic N) is 1. The van der Waals surface area contributed by atoms with Crippen molar-refractivity contribution in [1.82, 2.24) is 0 Å². The molecule has 0 saturated heterocycles. The van der Waals surface area contributed by atoms with Gasteiger partial charge in [-0.15, -0.1) is 0 Å². The fourth-order valence-electron chi connectivity index (χ4n) is 2.47. The van der Waals surface area contributed by atoms with Gasteiger partial charge in [-0.1, -0.05) is 52.3 Å². The van der Waals surface area contributed by atoms with Crippen molar-refractivity contribution in [3.05, 3.63) is 64.1 Å². The number of para-hydroxylation sites is 1. The Labute approximate surface area is 121 Å². The smallest absolute Gasteiger partial charge is 0.227 e.